The molecule has 0 radical (unpaired) electrons. The Morgan fingerprint density at radius 3 is 1.94 bits per heavy atom. The molecular weight excluding hydrogens is 452 g/mol. The molecule has 184 valence electrons. The van der Waals surface area contributed by atoms with Crippen molar-refractivity contribution in [2.75, 3.05) is 5.75 Å². The summed E-state index contributed by atoms with van der Waals surface area (Å²) in [5.74, 6) is 0.306. The molecule has 1 aliphatic rings. The molecule has 0 aliphatic carbocycles. The average Bonchev–Trinajstić information content (AvgIpc) is 2.84. The van der Waals surface area contributed by atoms with Crippen LogP contribution in [0.4, 0.5) is 0 Å². The van der Waals surface area contributed by atoms with Gasteiger partial charge < -0.3 is 23.7 Å². The molecular formula is C27H34O6S. The Morgan fingerprint density at radius 1 is 0.853 bits per heavy atom. The zero-order valence-corrected chi connectivity index (χ0v) is 20.9. The van der Waals surface area contributed by atoms with Gasteiger partial charge in [0, 0.05) is 6.42 Å². The van der Waals surface area contributed by atoms with Gasteiger partial charge in [-0.25, -0.2) is 0 Å². The number of Topliss-reactive ketones (excluding diaryl/α,β-unsaturated/α-hetero) is 1. The highest BCUT2D eigenvalue weighted by Crippen LogP contribution is 2.34. The van der Waals surface area contributed by atoms with E-state index in [1.807, 2.05) is 74.5 Å². The second-order valence-electron chi connectivity index (χ2n) is 8.34. The van der Waals surface area contributed by atoms with Crippen molar-refractivity contribution in [2.45, 2.75) is 76.7 Å². The van der Waals surface area contributed by atoms with Crippen molar-refractivity contribution in [1.29, 1.82) is 0 Å². The summed E-state index contributed by atoms with van der Waals surface area (Å²) >= 11 is 1.57. The Labute approximate surface area is 206 Å². The Hall–Kier alpha value is -2.19. The summed E-state index contributed by atoms with van der Waals surface area (Å²) in [6.07, 6.45) is -1.71. The van der Waals surface area contributed by atoms with Crippen LogP contribution in [0.25, 0.3) is 0 Å². The van der Waals surface area contributed by atoms with Crippen molar-refractivity contribution in [1.82, 2.24) is 0 Å². The second-order valence-corrected chi connectivity index (χ2v) is 9.72. The van der Waals surface area contributed by atoms with E-state index in [4.69, 9.17) is 18.9 Å². The fraction of sp³-hybridized carbons (Fsp3) is 0.481. The molecule has 0 aromatic heterocycles. The van der Waals surface area contributed by atoms with Gasteiger partial charge in [0.1, 0.15) is 23.4 Å². The van der Waals surface area contributed by atoms with Gasteiger partial charge in [-0.15, -0.1) is 11.8 Å². The quantitative estimate of drug-likeness (QED) is 0.394. The molecule has 1 heterocycles. The molecule has 0 unspecified atom stereocenters. The van der Waals surface area contributed by atoms with Crippen LogP contribution in [0.5, 0.6) is 0 Å². The van der Waals surface area contributed by atoms with Crippen molar-refractivity contribution >= 4 is 23.5 Å². The number of esters is 1. The maximum atomic E-state index is 12.6. The summed E-state index contributed by atoms with van der Waals surface area (Å²) in [5, 5.41) is 0. The van der Waals surface area contributed by atoms with Crippen LogP contribution in [0.15, 0.2) is 60.7 Å². The minimum atomic E-state index is -0.662. The van der Waals surface area contributed by atoms with E-state index in [2.05, 4.69) is 0 Å². The number of thioether (sulfide) groups is 1. The van der Waals surface area contributed by atoms with Crippen LogP contribution in [-0.2, 0) is 41.8 Å². The molecule has 6 nitrogen and oxygen atoms in total. The second kappa shape index (κ2) is 13.6. The van der Waals surface area contributed by atoms with Crippen molar-refractivity contribution < 1.29 is 28.5 Å². The van der Waals surface area contributed by atoms with Crippen molar-refractivity contribution in [3.8, 4) is 0 Å². The van der Waals surface area contributed by atoms with Gasteiger partial charge >= 0.3 is 5.97 Å². The van der Waals surface area contributed by atoms with Crippen molar-refractivity contribution in [3.05, 3.63) is 71.8 Å². The number of carbonyl (C=O) groups excluding carboxylic acids is 2. The molecule has 0 N–H and O–H groups in total. The summed E-state index contributed by atoms with van der Waals surface area (Å²) in [4.78, 5) is 24.0. The van der Waals surface area contributed by atoms with Crippen LogP contribution in [0.3, 0.4) is 0 Å². The third-order valence-electron chi connectivity index (χ3n) is 5.58. The van der Waals surface area contributed by atoms with E-state index in [-0.39, 0.29) is 24.7 Å². The molecule has 0 spiro atoms. The van der Waals surface area contributed by atoms with E-state index < -0.39 is 29.7 Å². The van der Waals surface area contributed by atoms with Crippen LogP contribution < -0.4 is 0 Å². The molecule has 34 heavy (non-hydrogen) atoms. The fourth-order valence-electron chi connectivity index (χ4n) is 3.84. The maximum Gasteiger partial charge on any atom is 0.306 e. The lowest BCUT2D eigenvalue weighted by Gasteiger charge is -2.44. The van der Waals surface area contributed by atoms with Crippen molar-refractivity contribution in [2.24, 2.45) is 0 Å². The lowest BCUT2D eigenvalue weighted by atomic mass is 9.99. The molecule has 0 bridgehead atoms. The van der Waals surface area contributed by atoms with E-state index >= 15 is 0 Å². The normalized spacial score (nSPS) is 24.5. The molecule has 5 atom stereocenters. The number of rotatable bonds is 12. The van der Waals surface area contributed by atoms with Gasteiger partial charge in [0.2, 0.25) is 0 Å². The third kappa shape index (κ3) is 7.94. The average molecular weight is 487 g/mol. The van der Waals surface area contributed by atoms with E-state index in [1.54, 1.807) is 11.8 Å². The molecule has 2 aromatic rings. The summed E-state index contributed by atoms with van der Waals surface area (Å²) in [6.45, 7) is 6.21. The van der Waals surface area contributed by atoms with Crippen molar-refractivity contribution in [3.63, 3.8) is 0 Å². The first-order valence-electron chi connectivity index (χ1n) is 11.7. The maximum absolute atomic E-state index is 12.6. The third-order valence-corrected chi connectivity index (χ3v) is 6.62. The lowest BCUT2D eigenvalue weighted by molar-refractivity contribution is -0.238. The largest absolute Gasteiger partial charge is 0.456 e. The van der Waals surface area contributed by atoms with Gasteiger partial charge in [0.25, 0.3) is 0 Å². The van der Waals surface area contributed by atoms with E-state index in [9.17, 15) is 9.59 Å². The van der Waals surface area contributed by atoms with E-state index in [0.717, 1.165) is 16.9 Å². The summed E-state index contributed by atoms with van der Waals surface area (Å²) in [5.41, 5.74) is 1.67. The molecule has 1 saturated heterocycles. The zero-order valence-electron chi connectivity index (χ0n) is 20.1. The number of hydrogen-bond acceptors (Lipinski definition) is 7. The standard InChI is InChI=1S/C27H34O6S/c1-4-34-27-26(33-23(29)16-15-19(2)28)25(31-18-22-13-9-6-10-14-22)24(20(3)32-27)30-17-21-11-7-5-8-12-21/h5-14,20,24-27H,4,15-18H2,1-3H3/t20-,24+,25+,26-,27+/m1/s1. The monoisotopic (exact) mass is 486 g/mol. The zero-order chi connectivity index (χ0) is 24.3. The van der Waals surface area contributed by atoms with Crippen LogP contribution in [0.1, 0.15) is 44.7 Å². The topological polar surface area (TPSA) is 71.1 Å². The van der Waals surface area contributed by atoms with Gasteiger partial charge in [-0.1, -0.05) is 67.6 Å². The molecule has 1 fully saturated rings. The predicted octanol–water partition coefficient (Wildman–Crippen LogP) is 4.94. The number of ketones is 1. The first-order chi connectivity index (χ1) is 16.5. The highest BCUT2D eigenvalue weighted by Gasteiger charge is 2.48. The molecule has 0 saturated carbocycles. The molecule has 0 amide bonds. The minimum Gasteiger partial charge on any atom is -0.456 e. The van der Waals surface area contributed by atoms with Gasteiger partial charge in [-0.2, -0.15) is 0 Å². The molecule has 7 heteroatoms. The van der Waals surface area contributed by atoms with Crippen LogP contribution in [0.2, 0.25) is 0 Å². The Balaban J connectivity index is 1.81. The number of hydrogen-bond donors (Lipinski definition) is 0. The summed E-state index contributed by atoms with van der Waals surface area (Å²) in [7, 11) is 0. The van der Waals surface area contributed by atoms with E-state index in [0.29, 0.717) is 13.2 Å². The Kier molecular flexibility index (Phi) is 10.6. The van der Waals surface area contributed by atoms with Gasteiger partial charge in [0.15, 0.2) is 6.10 Å². The number of carbonyl (C=O) groups is 2. The fourth-order valence-corrected chi connectivity index (χ4v) is 4.82. The van der Waals surface area contributed by atoms with Crippen LogP contribution in [-0.4, -0.2) is 47.4 Å². The summed E-state index contributed by atoms with van der Waals surface area (Å²) < 4.78 is 24.9. The van der Waals surface area contributed by atoms with Gasteiger partial charge in [-0.05, 0) is 30.7 Å². The van der Waals surface area contributed by atoms with Gasteiger partial charge in [-0.3, -0.25) is 4.79 Å². The lowest BCUT2D eigenvalue weighted by Crippen LogP contribution is -2.59. The highest BCUT2D eigenvalue weighted by molar-refractivity contribution is 7.99. The summed E-state index contributed by atoms with van der Waals surface area (Å²) in [6, 6.07) is 19.8. The number of benzene rings is 2. The first kappa shape index (κ1) is 26.4. The van der Waals surface area contributed by atoms with Crippen LogP contribution in [0, 0.1) is 0 Å². The van der Waals surface area contributed by atoms with Gasteiger partial charge in [0.05, 0.1) is 25.7 Å². The Bertz CT molecular complexity index is 891. The smallest absolute Gasteiger partial charge is 0.306 e. The predicted molar refractivity (Wildman–Crippen MR) is 132 cm³/mol. The highest BCUT2D eigenvalue weighted by atomic mass is 32.2. The molecule has 3 rings (SSSR count). The van der Waals surface area contributed by atoms with E-state index in [1.165, 1.54) is 6.92 Å². The van der Waals surface area contributed by atoms with Crippen LogP contribution >= 0.6 is 11.8 Å². The first-order valence-corrected chi connectivity index (χ1v) is 12.8. The SMILES string of the molecule is CCS[C@@H]1O[C@H](C)[C@H](OCc2ccccc2)[C@H](OCc2ccccc2)[C@H]1OC(=O)CCC(C)=O. The minimum absolute atomic E-state index is 0.0336. The molecule has 1 aliphatic heterocycles. The molecule has 2 aromatic carbocycles. The Morgan fingerprint density at radius 2 is 1.41 bits per heavy atom. The number of ether oxygens (including phenoxy) is 4.